The largest absolute Gasteiger partial charge is 0.497 e. The van der Waals surface area contributed by atoms with Gasteiger partial charge in [-0.15, -0.1) is 0 Å². The lowest BCUT2D eigenvalue weighted by Crippen LogP contribution is -2.53. The maximum absolute atomic E-state index is 15.0. The number of benzene rings is 4. The van der Waals surface area contributed by atoms with Crippen LogP contribution < -0.4 is 14.4 Å². The first-order valence-corrected chi connectivity index (χ1v) is 16.6. The molecule has 0 bridgehead atoms. The van der Waals surface area contributed by atoms with Gasteiger partial charge in [-0.05, 0) is 60.0 Å². The number of halogens is 2. The summed E-state index contributed by atoms with van der Waals surface area (Å²) in [6.45, 7) is 3.28. The van der Waals surface area contributed by atoms with Crippen LogP contribution >= 0.6 is 11.6 Å². The van der Waals surface area contributed by atoms with Crippen LogP contribution in [-0.2, 0) is 32.6 Å². The molecule has 0 aliphatic carbocycles. The lowest BCUT2D eigenvalue weighted by molar-refractivity contribution is -0.140. The third-order valence-corrected chi connectivity index (χ3v) is 9.30. The van der Waals surface area contributed by atoms with Crippen LogP contribution in [0.25, 0.3) is 0 Å². The van der Waals surface area contributed by atoms with Crippen LogP contribution in [0.1, 0.15) is 25.0 Å². The Morgan fingerprint density at radius 1 is 0.913 bits per heavy atom. The van der Waals surface area contributed by atoms with Crippen molar-refractivity contribution in [1.29, 1.82) is 0 Å². The third kappa shape index (κ3) is 8.86. The summed E-state index contributed by atoms with van der Waals surface area (Å²) in [6.07, 6.45) is 0.118. The summed E-state index contributed by atoms with van der Waals surface area (Å²) in [5, 5.41) is 3.17. The van der Waals surface area contributed by atoms with Gasteiger partial charge in [0.2, 0.25) is 11.8 Å². The summed E-state index contributed by atoms with van der Waals surface area (Å²) in [7, 11) is -2.87. The van der Waals surface area contributed by atoms with Crippen molar-refractivity contribution in [2.24, 2.45) is 5.92 Å². The predicted octanol–water partition coefficient (Wildman–Crippen LogP) is 6.10. The summed E-state index contributed by atoms with van der Waals surface area (Å²) in [6, 6.07) is 25.9. The molecule has 0 radical (unpaired) electrons. The Morgan fingerprint density at radius 3 is 2.22 bits per heavy atom. The number of carbonyl (C=O) groups excluding carboxylic acids is 2. The van der Waals surface area contributed by atoms with E-state index in [2.05, 4.69) is 5.32 Å². The van der Waals surface area contributed by atoms with Crippen LogP contribution in [0.3, 0.4) is 0 Å². The Bertz CT molecular complexity index is 1740. The van der Waals surface area contributed by atoms with Gasteiger partial charge in [-0.1, -0.05) is 80.0 Å². The summed E-state index contributed by atoms with van der Waals surface area (Å²) in [5.41, 5.74) is 1.10. The number of nitrogens with zero attached hydrogens (tertiary/aromatic N) is 2. The summed E-state index contributed by atoms with van der Waals surface area (Å²) >= 11 is 6.26. The molecule has 2 amide bonds. The first-order valence-electron chi connectivity index (χ1n) is 14.8. The second kappa shape index (κ2) is 15.7. The number of rotatable bonds is 14. The SMILES string of the molecule is COc1ccc(S(=O)(=O)N(CC(=O)N(Cc2ccccc2F)C(Cc2ccccc2)C(=O)NCC(C)C)c2cccc(Cl)c2)cc1. The molecule has 0 aliphatic heterocycles. The van der Waals surface area contributed by atoms with Crippen molar-refractivity contribution in [2.75, 3.05) is 24.5 Å². The van der Waals surface area contributed by atoms with E-state index in [1.807, 2.05) is 44.2 Å². The van der Waals surface area contributed by atoms with Gasteiger partial charge < -0.3 is 15.0 Å². The fourth-order valence-corrected chi connectivity index (χ4v) is 6.41. The highest BCUT2D eigenvalue weighted by molar-refractivity contribution is 7.92. The minimum Gasteiger partial charge on any atom is -0.497 e. The van der Waals surface area contributed by atoms with E-state index in [9.17, 15) is 18.0 Å². The topological polar surface area (TPSA) is 96.0 Å². The molecule has 4 rings (SSSR count). The average Bonchev–Trinajstić information content (AvgIpc) is 3.05. The third-order valence-electron chi connectivity index (χ3n) is 7.28. The van der Waals surface area contributed by atoms with Gasteiger partial charge in [-0.3, -0.25) is 13.9 Å². The Labute approximate surface area is 274 Å². The molecule has 0 saturated carbocycles. The summed E-state index contributed by atoms with van der Waals surface area (Å²) in [4.78, 5) is 29.4. The Balaban J connectivity index is 1.81. The van der Waals surface area contributed by atoms with E-state index in [-0.39, 0.29) is 40.1 Å². The molecule has 4 aromatic carbocycles. The number of hydrogen-bond acceptors (Lipinski definition) is 5. The standard InChI is InChI=1S/C35H37ClFN3O5S/c1-25(2)22-38-35(42)33(20-26-10-5-4-6-11-26)39(23-27-12-7-8-15-32(27)37)34(41)24-40(29-14-9-13-28(36)21-29)46(43,44)31-18-16-30(45-3)17-19-31/h4-19,21,25,33H,20,22-24H2,1-3H3,(H,38,42). The van der Waals surface area contributed by atoms with Gasteiger partial charge in [0.05, 0.1) is 17.7 Å². The lowest BCUT2D eigenvalue weighted by atomic mass is 10.0. The Morgan fingerprint density at radius 2 is 1.59 bits per heavy atom. The van der Waals surface area contributed by atoms with E-state index < -0.39 is 40.2 Å². The number of methoxy groups -OCH3 is 1. The first kappa shape index (κ1) is 34.5. The molecular formula is C35H37ClFN3O5S. The minimum absolute atomic E-state index is 0.0859. The second-order valence-corrected chi connectivity index (χ2v) is 13.4. The highest BCUT2D eigenvalue weighted by Gasteiger charge is 2.35. The van der Waals surface area contributed by atoms with E-state index in [1.165, 1.54) is 66.6 Å². The van der Waals surface area contributed by atoms with Gasteiger partial charge in [0, 0.05) is 30.1 Å². The molecule has 0 aliphatic rings. The van der Waals surface area contributed by atoms with Crippen LogP contribution in [0, 0.1) is 11.7 Å². The van der Waals surface area contributed by atoms with Gasteiger partial charge in [0.15, 0.2) is 0 Å². The summed E-state index contributed by atoms with van der Waals surface area (Å²) < 4.78 is 49.4. The highest BCUT2D eigenvalue weighted by atomic mass is 35.5. The monoisotopic (exact) mass is 665 g/mol. The molecule has 1 N–H and O–H groups in total. The molecule has 0 spiro atoms. The average molecular weight is 666 g/mol. The minimum atomic E-state index is -4.33. The van der Waals surface area contributed by atoms with Gasteiger partial charge >= 0.3 is 0 Å². The number of hydrogen-bond donors (Lipinski definition) is 1. The fraction of sp³-hybridized carbons (Fsp3) is 0.257. The molecule has 1 atom stereocenters. The molecule has 0 heterocycles. The normalized spacial score (nSPS) is 12.0. The van der Waals surface area contributed by atoms with Crippen molar-refractivity contribution in [2.45, 2.75) is 37.8 Å². The van der Waals surface area contributed by atoms with E-state index >= 15 is 4.39 Å². The van der Waals surface area contributed by atoms with E-state index in [4.69, 9.17) is 16.3 Å². The Kier molecular flexibility index (Phi) is 11.8. The molecule has 0 saturated heterocycles. The number of anilines is 1. The molecule has 242 valence electrons. The second-order valence-electron chi connectivity index (χ2n) is 11.1. The molecule has 46 heavy (non-hydrogen) atoms. The predicted molar refractivity (Wildman–Crippen MR) is 178 cm³/mol. The molecule has 8 nitrogen and oxygen atoms in total. The number of ether oxygens (including phenoxy) is 1. The molecule has 0 fully saturated rings. The van der Waals surface area contributed by atoms with Gasteiger partial charge in [0.1, 0.15) is 24.2 Å². The van der Waals surface area contributed by atoms with Crippen molar-refractivity contribution in [3.05, 3.63) is 125 Å². The van der Waals surface area contributed by atoms with E-state index in [0.29, 0.717) is 12.3 Å². The van der Waals surface area contributed by atoms with Crippen LogP contribution in [0.4, 0.5) is 10.1 Å². The van der Waals surface area contributed by atoms with Crippen molar-refractivity contribution in [3.8, 4) is 5.75 Å². The zero-order valence-corrected chi connectivity index (χ0v) is 27.5. The maximum Gasteiger partial charge on any atom is 0.264 e. The molecule has 11 heteroatoms. The van der Waals surface area contributed by atoms with Crippen molar-refractivity contribution >= 4 is 39.1 Å². The Hall–Kier alpha value is -4.41. The van der Waals surface area contributed by atoms with Crippen molar-refractivity contribution < 1.29 is 27.1 Å². The van der Waals surface area contributed by atoms with E-state index in [1.54, 1.807) is 18.2 Å². The van der Waals surface area contributed by atoms with Gasteiger partial charge in [-0.25, -0.2) is 12.8 Å². The molecule has 0 aromatic heterocycles. The molecule has 4 aromatic rings. The van der Waals surface area contributed by atoms with Crippen LogP contribution in [-0.4, -0.2) is 51.4 Å². The fourth-order valence-electron chi connectivity index (χ4n) is 4.82. The van der Waals surface area contributed by atoms with E-state index in [0.717, 1.165) is 9.87 Å². The zero-order chi connectivity index (χ0) is 33.3. The first-order chi connectivity index (χ1) is 22.0. The number of sulfonamides is 1. The van der Waals surface area contributed by atoms with Crippen LogP contribution in [0.15, 0.2) is 108 Å². The molecular weight excluding hydrogens is 629 g/mol. The van der Waals surface area contributed by atoms with Crippen molar-refractivity contribution in [3.63, 3.8) is 0 Å². The van der Waals surface area contributed by atoms with Gasteiger partial charge in [0.25, 0.3) is 10.0 Å². The van der Waals surface area contributed by atoms with Crippen LogP contribution in [0.5, 0.6) is 5.75 Å². The van der Waals surface area contributed by atoms with Crippen molar-refractivity contribution in [1.82, 2.24) is 10.2 Å². The van der Waals surface area contributed by atoms with Gasteiger partial charge in [-0.2, -0.15) is 0 Å². The summed E-state index contributed by atoms with van der Waals surface area (Å²) in [5.74, 6) is -1.11. The molecule has 1 unspecified atom stereocenters. The number of amides is 2. The lowest BCUT2D eigenvalue weighted by Gasteiger charge is -2.34. The van der Waals surface area contributed by atoms with Crippen LogP contribution in [0.2, 0.25) is 5.02 Å². The number of carbonyl (C=O) groups is 2. The number of nitrogens with one attached hydrogen (secondary N) is 1. The maximum atomic E-state index is 15.0. The smallest absolute Gasteiger partial charge is 0.264 e. The zero-order valence-electron chi connectivity index (χ0n) is 25.9. The highest BCUT2D eigenvalue weighted by Crippen LogP contribution is 2.28. The quantitative estimate of drug-likeness (QED) is 0.176.